The first-order valence-electron chi connectivity index (χ1n) is 8.46. The normalized spacial score (nSPS) is 16.9. The molecule has 0 aromatic heterocycles. The quantitative estimate of drug-likeness (QED) is 0.710. The number of nitrogens with one attached hydrogen (secondary N) is 2. The second-order valence-electron chi connectivity index (χ2n) is 6.17. The molecule has 0 spiro atoms. The van der Waals surface area contributed by atoms with Crippen molar-refractivity contribution in [2.45, 2.75) is 32.8 Å². The molecule has 0 saturated carbocycles. The highest BCUT2D eigenvalue weighted by Crippen LogP contribution is 2.16. The second-order valence-corrected chi connectivity index (χ2v) is 6.17. The number of hydrogen-bond donors (Lipinski definition) is 2. The molecule has 2 amide bonds. The Morgan fingerprint density at radius 1 is 1.21 bits per heavy atom. The van der Waals surface area contributed by atoms with E-state index in [4.69, 9.17) is 9.47 Å². The van der Waals surface area contributed by atoms with Gasteiger partial charge in [-0.15, -0.1) is 0 Å². The fraction of sp³-hybridized carbons (Fsp3) is 0.556. The van der Waals surface area contributed by atoms with Crippen molar-refractivity contribution in [3.63, 3.8) is 0 Å². The lowest BCUT2D eigenvalue weighted by atomic mass is 10.2. The van der Waals surface area contributed by atoms with Crippen molar-refractivity contribution < 1.29 is 19.1 Å². The molecule has 2 N–H and O–H groups in total. The third-order valence-electron chi connectivity index (χ3n) is 3.81. The van der Waals surface area contributed by atoms with Crippen LogP contribution in [0.4, 0.5) is 0 Å². The summed E-state index contributed by atoms with van der Waals surface area (Å²) in [5.74, 6) is 0.491. The number of amides is 2. The minimum absolute atomic E-state index is 0.0167. The first kappa shape index (κ1) is 18.3. The van der Waals surface area contributed by atoms with Crippen LogP contribution in [0.5, 0.6) is 5.75 Å². The number of rotatable bonds is 8. The second kappa shape index (κ2) is 9.27. The highest BCUT2D eigenvalue weighted by Gasteiger charge is 2.16. The summed E-state index contributed by atoms with van der Waals surface area (Å²) >= 11 is 0. The molecule has 0 aliphatic carbocycles. The molecule has 1 aliphatic rings. The van der Waals surface area contributed by atoms with Crippen molar-refractivity contribution in [3.05, 3.63) is 29.8 Å². The van der Waals surface area contributed by atoms with Crippen LogP contribution in [-0.4, -0.2) is 44.2 Å². The van der Waals surface area contributed by atoms with Crippen LogP contribution in [0.3, 0.4) is 0 Å². The highest BCUT2D eigenvalue weighted by molar-refractivity contribution is 5.94. The summed E-state index contributed by atoms with van der Waals surface area (Å²) in [6.07, 6.45) is 2.30. The highest BCUT2D eigenvalue weighted by atomic mass is 16.5. The molecule has 132 valence electrons. The average molecular weight is 334 g/mol. The van der Waals surface area contributed by atoms with Gasteiger partial charge in [0.05, 0.1) is 6.10 Å². The molecule has 1 aromatic rings. The Balaban J connectivity index is 1.69. The lowest BCUT2D eigenvalue weighted by Gasteiger charge is -2.12. The van der Waals surface area contributed by atoms with E-state index in [9.17, 15) is 9.59 Å². The van der Waals surface area contributed by atoms with Gasteiger partial charge >= 0.3 is 0 Å². The predicted molar refractivity (Wildman–Crippen MR) is 91.1 cm³/mol. The average Bonchev–Trinajstić information content (AvgIpc) is 3.10. The summed E-state index contributed by atoms with van der Waals surface area (Å²) in [7, 11) is 0. The molecule has 0 radical (unpaired) electrons. The fourth-order valence-corrected chi connectivity index (χ4v) is 2.34. The molecule has 1 aliphatic heterocycles. The maximum absolute atomic E-state index is 12.0. The van der Waals surface area contributed by atoms with Crippen molar-refractivity contribution in [3.8, 4) is 5.75 Å². The predicted octanol–water partition coefficient (Wildman–Crippen LogP) is 1.75. The zero-order chi connectivity index (χ0) is 17.4. The van der Waals surface area contributed by atoms with Gasteiger partial charge in [-0.05, 0) is 37.1 Å². The van der Waals surface area contributed by atoms with E-state index in [1.54, 1.807) is 24.3 Å². The summed E-state index contributed by atoms with van der Waals surface area (Å²) in [5, 5.41) is 5.53. The van der Waals surface area contributed by atoms with E-state index in [0.29, 0.717) is 25.3 Å². The molecule has 1 atom stereocenters. The molecule has 24 heavy (non-hydrogen) atoms. The van der Waals surface area contributed by atoms with Crippen molar-refractivity contribution in [1.82, 2.24) is 10.6 Å². The van der Waals surface area contributed by atoms with E-state index < -0.39 is 0 Å². The van der Waals surface area contributed by atoms with E-state index in [0.717, 1.165) is 25.2 Å². The van der Waals surface area contributed by atoms with Gasteiger partial charge in [0.15, 0.2) is 0 Å². The summed E-state index contributed by atoms with van der Waals surface area (Å²) in [6, 6.07) is 7.02. The maximum atomic E-state index is 12.0. The Morgan fingerprint density at radius 3 is 2.54 bits per heavy atom. The lowest BCUT2D eigenvalue weighted by Crippen LogP contribution is -2.36. The van der Waals surface area contributed by atoms with E-state index in [1.807, 2.05) is 13.8 Å². The Labute approximate surface area is 142 Å². The van der Waals surface area contributed by atoms with Crippen LogP contribution in [-0.2, 0) is 9.53 Å². The van der Waals surface area contributed by atoms with Gasteiger partial charge in [0, 0.05) is 31.2 Å². The minimum atomic E-state index is -0.167. The van der Waals surface area contributed by atoms with E-state index >= 15 is 0 Å². The molecule has 6 nitrogen and oxygen atoms in total. The largest absolute Gasteiger partial charge is 0.491 e. The van der Waals surface area contributed by atoms with Crippen LogP contribution in [0.2, 0.25) is 0 Å². The molecule has 1 aromatic carbocycles. The van der Waals surface area contributed by atoms with Gasteiger partial charge < -0.3 is 20.1 Å². The van der Waals surface area contributed by atoms with Gasteiger partial charge in [0.25, 0.3) is 5.91 Å². The number of benzene rings is 1. The molecular weight excluding hydrogens is 308 g/mol. The number of hydrogen-bond acceptors (Lipinski definition) is 4. The maximum Gasteiger partial charge on any atom is 0.251 e. The lowest BCUT2D eigenvalue weighted by molar-refractivity contribution is -0.123. The summed E-state index contributed by atoms with van der Waals surface area (Å²) < 4.78 is 11.2. The van der Waals surface area contributed by atoms with E-state index in [-0.39, 0.29) is 23.8 Å². The van der Waals surface area contributed by atoms with Crippen LogP contribution in [0.1, 0.15) is 37.0 Å². The van der Waals surface area contributed by atoms with Crippen LogP contribution in [0.15, 0.2) is 24.3 Å². The number of carbonyl (C=O) groups excluding carboxylic acids is 2. The van der Waals surface area contributed by atoms with Gasteiger partial charge in [0.1, 0.15) is 12.4 Å². The zero-order valence-electron chi connectivity index (χ0n) is 14.3. The van der Waals surface area contributed by atoms with Crippen LogP contribution < -0.4 is 15.4 Å². The Kier molecular flexibility index (Phi) is 7.06. The molecule has 0 bridgehead atoms. The Bertz CT molecular complexity index is 536. The summed E-state index contributed by atoms with van der Waals surface area (Å²) in [5.41, 5.74) is 0.564. The third-order valence-corrected chi connectivity index (χ3v) is 3.81. The number of ether oxygens (including phenoxy) is 2. The first-order valence-corrected chi connectivity index (χ1v) is 8.46. The van der Waals surface area contributed by atoms with Gasteiger partial charge in [-0.1, -0.05) is 13.8 Å². The zero-order valence-corrected chi connectivity index (χ0v) is 14.3. The van der Waals surface area contributed by atoms with Crippen molar-refractivity contribution in [1.29, 1.82) is 0 Å². The molecule has 1 heterocycles. The van der Waals surface area contributed by atoms with Gasteiger partial charge in [-0.25, -0.2) is 0 Å². The van der Waals surface area contributed by atoms with Gasteiger partial charge in [-0.3, -0.25) is 9.59 Å². The van der Waals surface area contributed by atoms with Crippen molar-refractivity contribution in [2.75, 3.05) is 26.3 Å². The third kappa shape index (κ3) is 5.85. The fourth-order valence-electron chi connectivity index (χ4n) is 2.34. The topological polar surface area (TPSA) is 76.7 Å². The molecule has 1 saturated heterocycles. The molecule has 1 fully saturated rings. The smallest absolute Gasteiger partial charge is 0.251 e. The van der Waals surface area contributed by atoms with E-state index in [1.165, 1.54) is 0 Å². The molecule has 1 unspecified atom stereocenters. The Morgan fingerprint density at radius 2 is 1.92 bits per heavy atom. The molecule has 6 heteroatoms. The van der Waals surface area contributed by atoms with Gasteiger partial charge in [-0.2, -0.15) is 0 Å². The van der Waals surface area contributed by atoms with Crippen LogP contribution >= 0.6 is 0 Å². The summed E-state index contributed by atoms with van der Waals surface area (Å²) in [6.45, 7) is 5.83. The summed E-state index contributed by atoms with van der Waals surface area (Å²) in [4.78, 5) is 23.4. The van der Waals surface area contributed by atoms with Crippen LogP contribution in [0, 0.1) is 5.92 Å². The Hall–Kier alpha value is -2.08. The molecular formula is C18H26N2O4. The van der Waals surface area contributed by atoms with E-state index in [2.05, 4.69) is 10.6 Å². The van der Waals surface area contributed by atoms with Crippen molar-refractivity contribution >= 4 is 11.8 Å². The van der Waals surface area contributed by atoms with Crippen molar-refractivity contribution in [2.24, 2.45) is 5.92 Å². The minimum Gasteiger partial charge on any atom is -0.491 e. The number of carbonyl (C=O) groups is 2. The monoisotopic (exact) mass is 334 g/mol. The SMILES string of the molecule is CC(C)C(=O)NCCNC(=O)c1ccc(OCC2CCCO2)cc1. The molecule has 2 rings (SSSR count). The first-order chi connectivity index (χ1) is 11.6. The standard InChI is InChI=1S/C18H26N2O4/c1-13(2)17(21)19-9-10-20-18(22)14-5-7-15(8-6-14)24-12-16-4-3-11-23-16/h5-8,13,16H,3-4,9-12H2,1-2H3,(H,19,21)(H,20,22). The van der Waals surface area contributed by atoms with Gasteiger partial charge in [0.2, 0.25) is 5.91 Å². The van der Waals surface area contributed by atoms with Crippen LogP contribution in [0.25, 0.3) is 0 Å².